The summed E-state index contributed by atoms with van der Waals surface area (Å²) in [5.41, 5.74) is 6.39. The summed E-state index contributed by atoms with van der Waals surface area (Å²) in [5.74, 6) is 0.590. The van der Waals surface area contributed by atoms with Crippen molar-refractivity contribution >= 4 is 11.4 Å². The highest BCUT2D eigenvalue weighted by Gasteiger charge is 2.23. The topological polar surface area (TPSA) is 14.1 Å². The second-order valence-corrected chi connectivity index (χ2v) is 7.89. The summed E-state index contributed by atoms with van der Waals surface area (Å²) >= 11 is 0. The first-order chi connectivity index (χ1) is 12.8. The maximum absolute atomic E-state index is 4.93. The molecule has 1 unspecified atom stereocenters. The molecule has 0 bridgehead atoms. The van der Waals surface area contributed by atoms with Crippen molar-refractivity contribution in [3.05, 3.63) is 48.0 Å². The number of fused-ring (bicyclic) bond motifs is 3. The lowest BCUT2D eigenvalue weighted by Gasteiger charge is -2.15. The lowest BCUT2D eigenvalue weighted by molar-refractivity contribution is 0.538. The van der Waals surface area contributed by atoms with E-state index in [1.54, 1.807) is 0 Å². The zero-order chi connectivity index (χ0) is 18.2. The lowest BCUT2D eigenvalue weighted by atomic mass is 9.91. The van der Waals surface area contributed by atoms with Crippen LogP contribution in [-0.4, -0.2) is 0 Å². The predicted molar refractivity (Wildman–Crippen MR) is 114 cm³/mol. The Morgan fingerprint density at radius 2 is 1.38 bits per heavy atom. The number of rotatable bonds is 11. The summed E-state index contributed by atoms with van der Waals surface area (Å²) in [6.07, 6.45) is 13.9. The number of hydrogen-bond donors (Lipinski definition) is 0. The molecule has 0 aromatic heterocycles. The number of hydrogen-bond acceptors (Lipinski definition) is 0. The van der Waals surface area contributed by atoms with E-state index in [4.69, 9.17) is 5.32 Å². The number of benzene rings is 2. The average Bonchev–Trinajstić information content (AvgIpc) is 3.05. The fourth-order valence-electron chi connectivity index (χ4n) is 4.14. The molecule has 2 aromatic carbocycles. The minimum Gasteiger partial charge on any atom is -0.247 e. The van der Waals surface area contributed by atoms with Gasteiger partial charge in [0.2, 0.25) is 0 Å². The summed E-state index contributed by atoms with van der Waals surface area (Å²) in [7, 11) is 0. The van der Waals surface area contributed by atoms with E-state index in [0.29, 0.717) is 5.92 Å². The van der Waals surface area contributed by atoms with Crippen LogP contribution in [0.2, 0.25) is 0 Å². The van der Waals surface area contributed by atoms with Gasteiger partial charge < -0.3 is 0 Å². The molecular weight excluding hydrogens is 314 g/mol. The molecule has 3 rings (SSSR count). The highest BCUT2D eigenvalue weighted by Crippen LogP contribution is 2.46. The molecule has 1 radical (unpaired) electrons. The number of para-hydroxylation sites is 2. The molecule has 0 spiro atoms. The van der Waals surface area contributed by atoms with Crippen molar-refractivity contribution in [3.8, 4) is 11.1 Å². The van der Waals surface area contributed by atoms with Crippen molar-refractivity contribution in [2.24, 2.45) is 0 Å². The highest BCUT2D eigenvalue weighted by molar-refractivity contribution is 5.92. The zero-order valence-corrected chi connectivity index (χ0v) is 16.6. The Bertz CT molecular complexity index is 688. The van der Waals surface area contributed by atoms with E-state index in [1.165, 1.54) is 86.6 Å². The van der Waals surface area contributed by atoms with E-state index in [9.17, 15) is 0 Å². The van der Waals surface area contributed by atoms with Gasteiger partial charge in [-0.05, 0) is 24.0 Å². The van der Waals surface area contributed by atoms with Crippen LogP contribution in [0.1, 0.15) is 89.5 Å². The minimum absolute atomic E-state index is 0.590. The van der Waals surface area contributed by atoms with Crippen LogP contribution in [0, 0.1) is 0 Å². The van der Waals surface area contributed by atoms with Crippen LogP contribution in [-0.2, 0) is 0 Å². The van der Waals surface area contributed by atoms with Crippen LogP contribution in [0.3, 0.4) is 0 Å². The molecule has 0 saturated carbocycles. The smallest absolute Gasteiger partial charge is 0.0750 e. The average molecular weight is 349 g/mol. The standard InChI is InChI=1S/C25H34N/c1-3-4-5-6-7-8-9-10-11-15-20(2)21-17-14-18-23-22-16-12-13-19-24(22)26-25(21)23/h12-14,16-20H,3-11,15H2,1-2H3. The maximum atomic E-state index is 4.93. The van der Waals surface area contributed by atoms with Gasteiger partial charge >= 0.3 is 0 Å². The van der Waals surface area contributed by atoms with Gasteiger partial charge in [0.15, 0.2) is 0 Å². The van der Waals surface area contributed by atoms with Gasteiger partial charge in [0.25, 0.3) is 0 Å². The third-order valence-corrected chi connectivity index (χ3v) is 5.77. The summed E-state index contributed by atoms with van der Waals surface area (Å²) in [4.78, 5) is 0. The Labute approximate surface area is 160 Å². The molecule has 0 aliphatic carbocycles. The van der Waals surface area contributed by atoms with Gasteiger partial charge in [-0.1, -0.05) is 108 Å². The van der Waals surface area contributed by atoms with Crippen LogP contribution in [0.25, 0.3) is 11.1 Å². The number of nitrogens with zero attached hydrogens (tertiary/aromatic N) is 1. The summed E-state index contributed by atoms with van der Waals surface area (Å²) in [6, 6.07) is 15.2. The van der Waals surface area contributed by atoms with Crippen molar-refractivity contribution in [1.82, 2.24) is 5.32 Å². The van der Waals surface area contributed by atoms with Gasteiger partial charge in [-0.3, -0.25) is 0 Å². The molecule has 2 aromatic rings. The number of unbranched alkanes of at least 4 members (excludes halogenated alkanes) is 8. The highest BCUT2D eigenvalue weighted by atomic mass is 14.9. The van der Waals surface area contributed by atoms with Gasteiger partial charge in [0.1, 0.15) is 0 Å². The molecule has 1 heteroatoms. The van der Waals surface area contributed by atoms with Crippen LogP contribution in [0.4, 0.5) is 11.4 Å². The van der Waals surface area contributed by atoms with Crippen molar-refractivity contribution < 1.29 is 0 Å². The minimum atomic E-state index is 0.590. The largest absolute Gasteiger partial charge is 0.247 e. The molecule has 1 nitrogen and oxygen atoms in total. The first-order valence-corrected chi connectivity index (χ1v) is 10.7. The molecule has 26 heavy (non-hydrogen) atoms. The quantitative estimate of drug-likeness (QED) is 0.310. The van der Waals surface area contributed by atoms with Crippen molar-refractivity contribution in [2.75, 3.05) is 0 Å². The van der Waals surface area contributed by atoms with E-state index in [1.807, 2.05) is 0 Å². The first-order valence-electron chi connectivity index (χ1n) is 10.7. The zero-order valence-electron chi connectivity index (χ0n) is 16.6. The second-order valence-electron chi connectivity index (χ2n) is 7.89. The first kappa shape index (κ1) is 19.0. The van der Waals surface area contributed by atoms with Crippen LogP contribution >= 0.6 is 0 Å². The van der Waals surface area contributed by atoms with Crippen LogP contribution < -0.4 is 5.32 Å². The van der Waals surface area contributed by atoms with Crippen LogP contribution in [0.15, 0.2) is 42.5 Å². The molecule has 139 valence electrons. The monoisotopic (exact) mass is 348 g/mol. The SMILES string of the molecule is CCCCCCCCCCCC(C)c1cccc2c1[N]c1ccccc1-2. The Hall–Kier alpha value is -1.76. The van der Waals surface area contributed by atoms with Gasteiger partial charge in [-0.25, -0.2) is 5.32 Å². The molecule has 1 heterocycles. The van der Waals surface area contributed by atoms with E-state index in [-0.39, 0.29) is 0 Å². The van der Waals surface area contributed by atoms with Gasteiger partial charge in [0.05, 0.1) is 11.4 Å². The Balaban J connectivity index is 1.44. The molecule has 1 aliphatic rings. The second kappa shape index (κ2) is 9.80. The Morgan fingerprint density at radius 3 is 2.15 bits per heavy atom. The molecule has 0 amide bonds. The van der Waals surface area contributed by atoms with Gasteiger partial charge in [-0.2, -0.15) is 0 Å². The molecule has 1 atom stereocenters. The Morgan fingerprint density at radius 1 is 0.731 bits per heavy atom. The van der Waals surface area contributed by atoms with E-state index < -0.39 is 0 Å². The molecule has 0 N–H and O–H groups in total. The molecule has 0 fully saturated rings. The summed E-state index contributed by atoms with van der Waals surface area (Å²) < 4.78 is 0. The third kappa shape index (κ3) is 4.69. The predicted octanol–water partition coefficient (Wildman–Crippen LogP) is 8.26. The molecule has 1 aliphatic heterocycles. The van der Waals surface area contributed by atoms with E-state index >= 15 is 0 Å². The fraction of sp³-hybridized carbons (Fsp3) is 0.520. The normalized spacial score (nSPS) is 13.2. The maximum Gasteiger partial charge on any atom is 0.0750 e. The lowest BCUT2D eigenvalue weighted by Crippen LogP contribution is -1.98. The van der Waals surface area contributed by atoms with Gasteiger partial charge in [0, 0.05) is 11.1 Å². The van der Waals surface area contributed by atoms with E-state index in [2.05, 4.69) is 56.3 Å². The van der Waals surface area contributed by atoms with Crippen LogP contribution in [0.5, 0.6) is 0 Å². The molecule has 0 saturated heterocycles. The summed E-state index contributed by atoms with van der Waals surface area (Å²) in [5, 5.41) is 4.93. The van der Waals surface area contributed by atoms with Crippen molar-refractivity contribution in [1.29, 1.82) is 0 Å². The Kier molecular flexibility index (Phi) is 7.17. The van der Waals surface area contributed by atoms with Gasteiger partial charge in [-0.15, -0.1) is 0 Å². The van der Waals surface area contributed by atoms with Crippen molar-refractivity contribution in [2.45, 2.75) is 84.0 Å². The fourth-order valence-corrected chi connectivity index (χ4v) is 4.14. The summed E-state index contributed by atoms with van der Waals surface area (Å²) in [6.45, 7) is 4.66. The van der Waals surface area contributed by atoms with E-state index in [0.717, 1.165) is 5.69 Å². The molecular formula is C25H34N. The third-order valence-electron chi connectivity index (χ3n) is 5.77. The van der Waals surface area contributed by atoms with Crippen molar-refractivity contribution in [3.63, 3.8) is 0 Å².